The van der Waals surface area contributed by atoms with Gasteiger partial charge in [-0.3, -0.25) is 9.59 Å². The van der Waals surface area contributed by atoms with Gasteiger partial charge in [-0.15, -0.1) is 0 Å². The van der Waals surface area contributed by atoms with Gasteiger partial charge in [-0.05, 0) is 30.7 Å². The number of aliphatic hydroxyl groups is 1. The quantitative estimate of drug-likeness (QED) is 0.640. The Labute approximate surface area is 150 Å². The van der Waals surface area contributed by atoms with Crippen LogP contribution in [-0.4, -0.2) is 36.6 Å². The maximum atomic E-state index is 12.0. The average Bonchev–Trinajstić information content (AvgIpc) is 3.12. The molecule has 1 aliphatic rings. The minimum atomic E-state index is -0.426. The summed E-state index contributed by atoms with van der Waals surface area (Å²) in [5.74, 6) is 0.218. The molecule has 1 aromatic rings. The lowest BCUT2D eigenvalue weighted by Gasteiger charge is -2.27. The predicted molar refractivity (Wildman–Crippen MR) is 97.9 cm³/mol. The Kier molecular flexibility index (Phi) is 7.44. The maximum absolute atomic E-state index is 12.0. The van der Waals surface area contributed by atoms with Crippen LogP contribution in [0.25, 0.3) is 0 Å². The van der Waals surface area contributed by atoms with Crippen molar-refractivity contribution in [3.63, 3.8) is 0 Å². The van der Waals surface area contributed by atoms with Gasteiger partial charge in [0.15, 0.2) is 0 Å². The molecule has 5 heteroatoms. The molecule has 1 aromatic carbocycles. The molecule has 0 heterocycles. The smallest absolute Gasteiger partial charge is 0.239 e. The molecular formula is C20H30N2O3. The van der Waals surface area contributed by atoms with E-state index in [-0.39, 0.29) is 25.0 Å². The van der Waals surface area contributed by atoms with Crippen LogP contribution in [0.3, 0.4) is 0 Å². The summed E-state index contributed by atoms with van der Waals surface area (Å²) in [4.78, 5) is 23.9. The number of nitrogens with one attached hydrogen (secondary N) is 2. The molecule has 25 heavy (non-hydrogen) atoms. The van der Waals surface area contributed by atoms with E-state index >= 15 is 0 Å². The molecular weight excluding hydrogens is 316 g/mol. The molecule has 1 aliphatic carbocycles. The third-order valence-corrected chi connectivity index (χ3v) is 4.96. The van der Waals surface area contributed by atoms with Crippen LogP contribution >= 0.6 is 0 Å². The minimum absolute atomic E-state index is 0.00159. The van der Waals surface area contributed by atoms with Crippen molar-refractivity contribution in [3.8, 4) is 0 Å². The molecule has 0 unspecified atom stereocenters. The second kappa shape index (κ2) is 9.56. The molecule has 1 fully saturated rings. The summed E-state index contributed by atoms with van der Waals surface area (Å²) >= 11 is 0. The van der Waals surface area contributed by atoms with Gasteiger partial charge in [-0.25, -0.2) is 0 Å². The van der Waals surface area contributed by atoms with Gasteiger partial charge in [-0.2, -0.15) is 0 Å². The minimum Gasteiger partial charge on any atom is -0.396 e. The van der Waals surface area contributed by atoms with Gasteiger partial charge in [-0.1, -0.05) is 50.1 Å². The number of aliphatic hydroxyl groups excluding tert-OH is 1. The highest BCUT2D eigenvalue weighted by atomic mass is 16.3. The van der Waals surface area contributed by atoms with Gasteiger partial charge < -0.3 is 15.7 Å². The van der Waals surface area contributed by atoms with Gasteiger partial charge in [0.25, 0.3) is 0 Å². The Morgan fingerprint density at radius 2 is 1.80 bits per heavy atom. The first kappa shape index (κ1) is 19.4. The van der Waals surface area contributed by atoms with E-state index in [1.54, 1.807) is 0 Å². The van der Waals surface area contributed by atoms with Crippen LogP contribution in [0, 0.1) is 11.3 Å². The zero-order valence-corrected chi connectivity index (χ0v) is 15.1. The molecule has 3 N–H and O–H groups in total. The first-order valence-corrected chi connectivity index (χ1v) is 9.19. The molecule has 0 aliphatic heterocycles. The van der Waals surface area contributed by atoms with E-state index in [0.717, 1.165) is 18.4 Å². The van der Waals surface area contributed by atoms with Crippen molar-refractivity contribution in [1.29, 1.82) is 0 Å². The molecule has 0 aromatic heterocycles. The van der Waals surface area contributed by atoms with E-state index in [1.807, 2.05) is 37.3 Å². The van der Waals surface area contributed by atoms with Crippen LogP contribution < -0.4 is 10.6 Å². The molecule has 5 nitrogen and oxygen atoms in total. The van der Waals surface area contributed by atoms with E-state index in [2.05, 4.69) is 10.6 Å². The molecule has 2 amide bonds. The van der Waals surface area contributed by atoms with Crippen LogP contribution in [0.15, 0.2) is 30.3 Å². The highest BCUT2D eigenvalue weighted by molar-refractivity contribution is 5.84. The monoisotopic (exact) mass is 346 g/mol. The SMILES string of the molecule is C[C@](CO)(CNC(=O)CNC(=O)CC1CCCC1)Cc1ccccc1. The summed E-state index contributed by atoms with van der Waals surface area (Å²) < 4.78 is 0. The van der Waals surface area contributed by atoms with Crippen LogP contribution in [0.5, 0.6) is 0 Å². The van der Waals surface area contributed by atoms with E-state index in [0.29, 0.717) is 25.3 Å². The number of hydrogen-bond donors (Lipinski definition) is 3. The number of rotatable bonds is 9. The fourth-order valence-electron chi connectivity index (χ4n) is 3.37. The van der Waals surface area contributed by atoms with Crippen molar-refractivity contribution >= 4 is 11.8 Å². The standard InChI is InChI=1S/C20H30N2O3/c1-20(15-23,12-17-9-3-2-4-10-17)14-22-19(25)13-21-18(24)11-16-7-5-6-8-16/h2-4,9-10,16,23H,5-8,11-15H2,1H3,(H,21,24)(H,22,25)/t20-/m1/s1. The Balaban J connectivity index is 1.70. The second-order valence-corrected chi connectivity index (χ2v) is 7.54. The fraction of sp³-hybridized carbons (Fsp3) is 0.600. The Morgan fingerprint density at radius 1 is 1.12 bits per heavy atom. The van der Waals surface area contributed by atoms with Gasteiger partial charge in [0.05, 0.1) is 13.2 Å². The highest BCUT2D eigenvalue weighted by Gasteiger charge is 2.25. The van der Waals surface area contributed by atoms with Gasteiger partial charge in [0, 0.05) is 18.4 Å². The van der Waals surface area contributed by atoms with E-state index in [9.17, 15) is 14.7 Å². The zero-order valence-electron chi connectivity index (χ0n) is 15.1. The molecule has 0 saturated heterocycles. The predicted octanol–water partition coefficient (Wildman–Crippen LogP) is 2.04. The number of benzene rings is 1. The lowest BCUT2D eigenvalue weighted by Crippen LogP contribution is -2.43. The van der Waals surface area contributed by atoms with Crippen molar-refractivity contribution in [3.05, 3.63) is 35.9 Å². The fourth-order valence-corrected chi connectivity index (χ4v) is 3.37. The first-order chi connectivity index (χ1) is 12.0. The second-order valence-electron chi connectivity index (χ2n) is 7.54. The Hall–Kier alpha value is -1.88. The van der Waals surface area contributed by atoms with Crippen molar-refractivity contribution in [1.82, 2.24) is 10.6 Å². The van der Waals surface area contributed by atoms with Crippen LogP contribution in [0.2, 0.25) is 0 Å². The molecule has 2 rings (SSSR count). The van der Waals surface area contributed by atoms with Crippen molar-refractivity contribution in [2.45, 2.75) is 45.4 Å². The molecule has 0 spiro atoms. The lowest BCUT2D eigenvalue weighted by atomic mass is 9.84. The van der Waals surface area contributed by atoms with Gasteiger partial charge in [0.1, 0.15) is 0 Å². The molecule has 138 valence electrons. The number of carbonyl (C=O) groups is 2. The molecule has 0 bridgehead atoms. The topological polar surface area (TPSA) is 78.4 Å². The molecule has 1 saturated carbocycles. The van der Waals surface area contributed by atoms with Crippen LogP contribution in [0.1, 0.15) is 44.6 Å². The van der Waals surface area contributed by atoms with Gasteiger partial charge in [0.2, 0.25) is 11.8 Å². The third kappa shape index (κ3) is 6.86. The third-order valence-electron chi connectivity index (χ3n) is 4.96. The van der Waals surface area contributed by atoms with E-state index < -0.39 is 5.41 Å². The van der Waals surface area contributed by atoms with Crippen molar-refractivity contribution in [2.24, 2.45) is 11.3 Å². The van der Waals surface area contributed by atoms with E-state index in [1.165, 1.54) is 12.8 Å². The van der Waals surface area contributed by atoms with E-state index in [4.69, 9.17) is 0 Å². The average molecular weight is 346 g/mol. The molecule has 0 radical (unpaired) electrons. The van der Waals surface area contributed by atoms with Gasteiger partial charge >= 0.3 is 0 Å². The first-order valence-electron chi connectivity index (χ1n) is 9.19. The molecule has 1 atom stereocenters. The van der Waals surface area contributed by atoms with Crippen molar-refractivity contribution < 1.29 is 14.7 Å². The summed E-state index contributed by atoms with van der Waals surface area (Å²) in [5, 5.41) is 15.2. The zero-order chi connectivity index (χ0) is 18.1. The number of amides is 2. The lowest BCUT2D eigenvalue weighted by molar-refractivity contribution is -0.126. The summed E-state index contributed by atoms with van der Waals surface area (Å²) in [6.45, 7) is 2.29. The van der Waals surface area contributed by atoms with Crippen molar-refractivity contribution in [2.75, 3.05) is 19.7 Å². The normalized spacial score (nSPS) is 17.0. The summed E-state index contributed by atoms with van der Waals surface area (Å²) in [6.07, 6.45) is 5.86. The van der Waals surface area contributed by atoms with Crippen LogP contribution in [-0.2, 0) is 16.0 Å². The number of hydrogen-bond acceptors (Lipinski definition) is 3. The summed E-state index contributed by atoms with van der Waals surface area (Å²) in [7, 11) is 0. The summed E-state index contributed by atoms with van der Waals surface area (Å²) in [6, 6.07) is 9.91. The Morgan fingerprint density at radius 3 is 2.44 bits per heavy atom. The maximum Gasteiger partial charge on any atom is 0.239 e. The Bertz CT molecular complexity index is 555. The number of carbonyl (C=O) groups excluding carboxylic acids is 2. The highest BCUT2D eigenvalue weighted by Crippen LogP contribution is 2.27. The van der Waals surface area contributed by atoms with Crippen LogP contribution in [0.4, 0.5) is 0 Å². The largest absolute Gasteiger partial charge is 0.396 e. The summed E-state index contributed by atoms with van der Waals surface area (Å²) in [5.41, 5.74) is 0.698.